The van der Waals surface area contributed by atoms with E-state index in [0.717, 1.165) is 17.1 Å². The molecule has 12 heavy (non-hydrogen) atoms. The van der Waals surface area contributed by atoms with E-state index in [1.807, 2.05) is 18.2 Å². The average molecular weight is 240 g/mol. The topological polar surface area (TPSA) is 18.5 Å². The molecule has 2 nitrogen and oxygen atoms in total. The summed E-state index contributed by atoms with van der Waals surface area (Å²) in [7, 11) is 3.24. The number of hydrogen-bond donors (Lipinski definition) is 0. The van der Waals surface area contributed by atoms with Crippen LogP contribution in [-0.2, 0) is 32.7 Å². The quantitative estimate of drug-likeness (QED) is 0.735. The molecule has 0 aliphatic heterocycles. The van der Waals surface area contributed by atoms with Crippen LogP contribution in [0.4, 0.5) is 0 Å². The predicted molar refractivity (Wildman–Crippen MR) is 44.0 cm³/mol. The van der Waals surface area contributed by atoms with Gasteiger partial charge in [0.2, 0.25) is 0 Å². The molecule has 0 aliphatic carbocycles. The van der Waals surface area contributed by atoms with Crippen molar-refractivity contribution in [3.63, 3.8) is 0 Å². The molecule has 0 spiro atoms. The summed E-state index contributed by atoms with van der Waals surface area (Å²) in [6, 6.07) is 5.51. The van der Waals surface area contributed by atoms with Crippen LogP contribution in [0.1, 0.15) is 5.56 Å². The van der Waals surface area contributed by atoms with Crippen LogP contribution in [-0.4, -0.2) is 14.2 Å². The fraction of sp³-hybridized carbons (Fsp3) is 0.222. The molecular weight excluding hydrogens is 229 g/mol. The maximum Gasteiger partial charge on any atom is 0.0759 e. The van der Waals surface area contributed by atoms with Gasteiger partial charge in [-0.05, 0) is 6.07 Å². The molecule has 0 heterocycles. The normalized spacial score (nSPS) is 8.50. The van der Waals surface area contributed by atoms with Crippen molar-refractivity contribution in [1.82, 2.24) is 0 Å². The Hall–Kier alpha value is -0.206. The molecule has 0 fully saturated rings. The number of methoxy groups -OCH3 is 2. The molecule has 0 amide bonds. The second-order valence-corrected chi connectivity index (χ2v) is 2.22. The van der Waals surface area contributed by atoms with Gasteiger partial charge in [0.25, 0.3) is 0 Å². The van der Waals surface area contributed by atoms with Crippen molar-refractivity contribution in [1.29, 1.82) is 0 Å². The molecule has 1 aromatic carbocycles. The number of hydrogen-bond acceptors (Lipinski definition) is 2. The van der Waals surface area contributed by atoms with Gasteiger partial charge in [0.05, 0.1) is 25.7 Å². The first-order chi connectivity index (χ1) is 5.26. The molecule has 0 saturated heterocycles. The molecule has 0 aliphatic rings. The van der Waals surface area contributed by atoms with E-state index in [1.165, 1.54) is 0 Å². The Labute approximate surface area is 98.1 Å². The smallest absolute Gasteiger partial charge is 0.0759 e. The van der Waals surface area contributed by atoms with Gasteiger partial charge >= 0.3 is 0 Å². The Kier molecular flexibility index (Phi) is 5.35. The van der Waals surface area contributed by atoms with Gasteiger partial charge in [-0.2, -0.15) is 12.5 Å². The van der Waals surface area contributed by atoms with Crippen molar-refractivity contribution in [2.24, 2.45) is 0 Å². The van der Waals surface area contributed by atoms with Gasteiger partial charge in [-0.3, -0.25) is 0 Å². The molecule has 1 aromatic rings. The summed E-state index contributed by atoms with van der Waals surface area (Å²) in [6.45, 7) is 3.78. The Bertz CT molecular complexity index is 226. The maximum atomic E-state index is 5.02. The van der Waals surface area contributed by atoms with E-state index in [2.05, 4.69) is 6.92 Å². The molecular formula is C9H11O2Y-. The van der Waals surface area contributed by atoms with E-state index < -0.39 is 0 Å². The first-order valence-corrected chi connectivity index (χ1v) is 3.31. The number of ether oxygens (including phenoxy) is 2. The standard InChI is InChI=1S/C9H11O2.Y/c1-7-4-8(10-2)6-9(5-7)11-3;/h4-6H,1H2,2-3H3;/q-1;. The largest absolute Gasteiger partial charge is 0.509 e. The van der Waals surface area contributed by atoms with Gasteiger partial charge in [0, 0.05) is 32.7 Å². The molecule has 0 aromatic heterocycles. The van der Waals surface area contributed by atoms with Gasteiger partial charge in [-0.15, -0.1) is 12.1 Å². The molecule has 0 saturated carbocycles. The van der Waals surface area contributed by atoms with Crippen LogP contribution in [0.5, 0.6) is 11.5 Å². The van der Waals surface area contributed by atoms with E-state index in [9.17, 15) is 0 Å². The Balaban J connectivity index is 0.00000121. The van der Waals surface area contributed by atoms with E-state index >= 15 is 0 Å². The molecule has 3 heteroatoms. The summed E-state index contributed by atoms with van der Waals surface area (Å²) < 4.78 is 10.0. The maximum absolute atomic E-state index is 5.02. The molecule has 0 unspecified atom stereocenters. The van der Waals surface area contributed by atoms with Crippen LogP contribution in [0.15, 0.2) is 18.2 Å². The Morgan fingerprint density at radius 3 is 1.75 bits per heavy atom. The van der Waals surface area contributed by atoms with Gasteiger partial charge in [0.15, 0.2) is 0 Å². The SMILES string of the molecule is [CH2-]c1cc(OC)cc(OC)c1.[Y]. The third kappa shape index (κ3) is 3.04. The van der Waals surface area contributed by atoms with E-state index in [1.54, 1.807) is 14.2 Å². The summed E-state index contributed by atoms with van der Waals surface area (Å²) in [5.41, 5.74) is 0.890. The number of rotatable bonds is 2. The number of benzene rings is 1. The fourth-order valence-electron chi connectivity index (χ4n) is 0.866. The minimum absolute atomic E-state index is 0. The molecule has 0 bridgehead atoms. The second kappa shape index (κ2) is 5.44. The van der Waals surface area contributed by atoms with E-state index in [4.69, 9.17) is 9.47 Å². The second-order valence-electron chi connectivity index (χ2n) is 2.22. The zero-order chi connectivity index (χ0) is 8.27. The molecule has 63 valence electrons. The van der Waals surface area contributed by atoms with Crippen LogP contribution in [0.25, 0.3) is 0 Å². The fourth-order valence-corrected chi connectivity index (χ4v) is 0.866. The predicted octanol–water partition coefficient (Wildman–Crippen LogP) is 1.88. The minimum Gasteiger partial charge on any atom is -0.509 e. The molecule has 1 rings (SSSR count). The van der Waals surface area contributed by atoms with Crippen molar-refractivity contribution >= 4 is 0 Å². The Morgan fingerprint density at radius 1 is 1.00 bits per heavy atom. The third-order valence-electron chi connectivity index (χ3n) is 1.41. The Morgan fingerprint density at radius 2 is 1.42 bits per heavy atom. The van der Waals surface area contributed by atoms with Crippen molar-refractivity contribution in [2.45, 2.75) is 0 Å². The first-order valence-electron chi connectivity index (χ1n) is 3.31. The summed E-state index contributed by atoms with van der Waals surface area (Å²) >= 11 is 0. The third-order valence-corrected chi connectivity index (χ3v) is 1.41. The van der Waals surface area contributed by atoms with Crippen LogP contribution >= 0.6 is 0 Å². The average Bonchev–Trinajstić information content (AvgIpc) is 2.03. The van der Waals surface area contributed by atoms with Gasteiger partial charge < -0.3 is 9.47 Å². The van der Waals surface area contributed by atoms with Crippen molar-refractivity contribution in [2.75, 3.05) is 14.2 Å². The van der Waals surface area contributed by atoms with Crippen molar-refractivity contribution in [3.05, 3.63) is 30.7 Å². The van der Waals surface area contributed by atoms with Crippen molar-refractivity contribution in [3.8, 4) is 11.5 Å². The van der Waals surface area contributed by atoms with Crippen LogP contribution in [0.3, 0.4) is 0 Å². The van der Waals surface area contributed by atoms with Gasteiger partial charge in [-0.25, -0.2) is 0 Å². The molecule has 1 radical (unpaired) electrons. The van der Waals surface area contributed by atoms with Gasteiger partial charge in [0.1, 0.15) is 0 Å². The summed E-state index contributed by atoms with van der Waals surface area (Å²) in [5, 5.41) is 0. The minimum atomic E-state index is 0. The summed E-state index contributed by atoms with van der Waals surface area (Å²) in [5.74, 6) is 1.55. The van der Waals surface area contributed by atoms with Crippen LogP contribution in [0.2, 0.25) is 0 Å². The van der Waals surface area contributed by atoms with Crippen molar-refractivity contribution < 1.29 is 42.2 Å². The summed E-state index contributed by atoms with van der Waals surface area (Å²) in [4.78, 5) is 0. The summed E-state index contributed by atoms with van der Waals surface area (Å²) in [6.07, 6.45) is 0. The van der Waals surface area contributed by atoms with Crippen LogP contribution < -0.4 is 9.47 Å². The monoisotopic (exact) mass is 240 g/mol. The van der Waals surface area contributed by atoms with Crippen LogP contribution in [0, 0.1) is 6.92 Å². The molecule has 0 atom stereocenters. The van der Waals surface area contributed by atoms with E-state index in [-0.39, 0.29) is 32.7 Å². The molecule has 0 N–H and O–H groups in total. The van der Waals surface area contributed by atoms with E-state index in [0.29, 0.717) is 0 Å². The first kappa shape index (κ1) is 11.8. The zero-order valence-corrected chi connectivity index (χ0v) is 10.2. The zero-order valence-electron chi connectivity index (χ0n) is 7.33. The van der Waals surface area contributed by atoms with Gasteiger partial charge in [-0.1, -0.05) is 0 Å².